The van der Waals surface area contributed by atoms with Gasteiger partial charge in [0, 0.05) is 11.1 Å². The smallest absolute Gasteiger partial charge is 0.191 e. The van der Waals surface area contributed by atoms with E-state index in [1.807, 2.05) is 54.6 Å². The molecule has 0 fully saturated rings. The van der Waals surface area contributed by atoms with Crippen LogP contribution in [0.1, 0.15) is 27.0 Å². The molecule has 0 aliphatic heterocycles. The summed E-state index contributed by atoms with van der Waals surface area (Å²) in [5.74, 6) is 2.40. The van der Waals surface area contributed by atoms with Crippen LogP contribution in [0.15, 0.2) is 72.3 Å². The molecule has 4 rings (SSSR count). The van der Waals surface area contributed by atoms with Crippen LogP contribution in [0, 0.1) is 0 Å². The van der Waals surface area contributed by atoms with Gasteiger partial charge in [-0.05, 0) is 59.5 Å². The number of hydrogen-bond donors (Lipinski definition) is 1. The van der Waals surface area contributed by atoms with Crippen LogP contribution in [0.3, 0.4) is 0 Å². The first-order chi connectivity index (χ1) is 16.1. The Kier molecular flexibility index (Phi) is 6.95. The molecule has 1 aliphatic carbocycles. The molecule has 3 aromatic rings. The van der Waals surface area contributed by atoms with Crippen molar-refractivity contribution in [1.29, 1.82) is 0 Å². The molecular formula is C27H26O6. The molecule has 0 bridgehead atoms. The van der Waals surface area contributed by atoms with Crippen molar-refractivity contribution >= 4 is 5.78 Å². The molecular weight excluding hydrogens is 420 g/mol. The van der Waals surface area contributed by atoms with E-state index in [4.69, 9.17) is 18.9 Å². The quantitative estimate of drug-likeness (QED) is 0.521. The lowest BCUT2D eigenvalue weighted by atomic mass is 9.90. The van der Waals surface area contributed by atoms with Crippen molar-refractivity contribution in [3.63, 3.8) is 0 Å². The van der Waals surface area contributed by atoms with Crippen LogP contribution < -0.4 is 18.9 Å². The van der Waals surface area contributed by atoms with Crippen molar-refractivity contribution in [3.05, 3.63) is 94.6 Å². The summed E-state index contributed by atoms with van der Waals surface area (Å²) in [6.45, 7) is 0.363. The van der Waals surface area contributed by atoms with E-state index in [1.165, 1.54) is 0 Å². The molecule has 0 unspecified atom stereocenters. The monoisotopic (exact) mass is 446 g/mol. The molecule has 33 heavy (non-hydrogen) atoms. The van der Waals surface area contributed by atoms with Crippen LogP contribution >= 0.6 is 0 Å². The van der Waals surface area contributed by atoms with Crippen molar-refractivity contribution < 1.29 is 28.8 Å². The van der Waals surface area contributed by atoms with Crippen LogP contribution in [0.4, 0.5) is 0 Å². The van der Waals surface area contributed by atoms with Gasteiger partial charge < -0.3 is 24.1 Å². The molecule has 3 aromatic carbocycles. The molecule has 0 radical (unpaired) electrons. The minimum Gasteiger partial charge on any atom is -0.497 e. The third-order valence-electron chi connectivity index (χ3n) is 5.55. The number of aliphatic hydroxyl groups is 1. The van der Waals surface area contributed by atoms with Crippen molar-refractivity contribution in [1.82, 2.24) is 0 Å². The van der Waals surface area contributed by atoms with Gasteiger partial charge in [-0.25, -0.2) is 0 Å². The minimum absolute atomic E-state index is 0.185. The van der Waals surface area contributed by atoms with Gasteiger partial charge in [-0.1, -0.05) is 30.3 Å². The summed E-state index contributed by atoms with van der Waals surface area (Å²) in [7, 11) is 3.25. The number of carbonyl (C=O) groups is 1. The predicted octanol–water partition coefficient (Wildman–Crippen LogP) is 4.52. The summed E-state index contributed by atoms with van der Waals surface area (Å²) in [6, 6.07) is 18.8. The van der Waals surface area contributed by atoms with Gasteiger partial charge in [0.1, 0.15) is 24.7 Å². The van der Waals surface area contributed by atoms with Gasteiger partial charge in [0.15, 0.2) is 17.3 Å². The lowest BCUT2D eigenvalue weighted by Crippen LogP contribution is -2.15. The van der Waals surface area contributed by atoms with E-state index in [9.17, 15) is 9.90 Å². The van der Waals surface area contributed by atoms with E-state index in [1.54, 1.807) is 26.4 Å². The second-order valence-electron chi connectivity index (χ2n) is 7.65. The molecule has 0 heterocycles. The van der Waals surface area contributed by atoms with Gasteiger partial charge in [-0.15, -0.1) is 0 Å². The summed E-state index contributed by atoms with van der Waals surface area (Å²) < 4.78 is 22.6. The highest BCUT2D eigenvalue weighted by Crippen LogP contribution is 2.35. The molecule has 0 aromatic heterocycles. The Labute approximate surface area is 193 Å². The lowest BCUT2D eigenvalue weighted by molar-refractivity contribution is 0.101. The normalized spacial score (nSPS) is 12.6. The van der Waals surface area contributed by atoms with Crippen molar-refractivity contribution in [2.24, 2.45) is 0 Å². The van der Waals surface area contributed by atoms with E-state index < -0.39 is 0 Å². The Morgan fingerprint density at radius 2 is 1.30 bits per heavy atom. The first-order valence-electron chi connectivity index (χ1n) is 10.6. The Hall–Kier alpha value is -3.77. The first kappa shape index (κ1) is 22.4. The summed E-state index contributed by atoms with van der Waals surface area (Å²) in [5.41, 5.74) is 3.71. The highest BCUT2D eigenvalue weighted by Gasteiger charge is 2.23. The molecule has 1 N–H and O–H groups in total. The van der Waals surface area contributed by atoms with E-state index in [2.05, 4.69) is 0 Å². The second kappa shape index (κ2) is 10.2. The van der Waals surface area contributed by atoms with Gasteiger partial charge in [0.2, 0.25) is 0 Å². The highest BCUT2D eigenvalue weighted by atomic mass is 16.5. The third-order valence-corrected chi connectivity index (χ3v) is 5.55. The topological polar surface area (TPSA) is 74.2 Å². The number of hydrogen-bond acceptors (Lipinski definition) is 6. The SMILES string of the molecule is COc1ccc(COc2cc3c(cc2OCc2ccc(OC)cc2)C(=O)C(CO)=CC3)cc1. The van der Waals surface area contributed by atoms with E-state index in [0.29, 0.717) is 42.3 Å². The molecule has 0 saturated heterocycles. The Balaban J connectivity index is 1.58. The Bertz CT molecular complexity index is 1150. The molecule has 6 nitrogen and oxygen atoms in total. The zero-order valence-electron chi connectivity index (χ0n) is 18.7. The van der Waals surface area contributed by atoms with Crippen LogP contribution in [-0.4, -0.2) is 31.7 Å². The molecule has 6 heteroatoms. The van der Waals surface area contributed by atoms with E-state index in [0.717, 1.165) is 28.2 Å². The van der Waals surface area contributed by atoms with Crippen LogP contribution in [0.2, 0.25) is 0 Å². The third kappa shape index (κ3) is 5.18. The molecule has 0 amide bonds. The molecule has 170 valence electrons. The number of aliphatic hydroxyl groups excluding tert-OH is 1. The van der Waals surface area contributed by atoms with E-state index in [-0.39, 0.29) is 12.4 Å². The summed E-state index contributed by atoms with van der Waals surface area (Å²) in [5, 5.41) is 9.49. The van der Waals surface area contributed by atoms with Gasteiger partial charge in [-0.3, -0.25) is 4.79 Å². The van der Waals surface area contributed by atoms with Crippen molar-refractivity contribution in [2.45, 2.75) is 19.6 Å². The number of ether oxygens (including phenoxy) is 4. The Morgan fingerprint density at radius 1 is 0.788 bits per heavy atom. The lowest BCUT2D eigenvalue weighted by Gasteiger charge is -2.20. The average Bonchev–Trinajstić information content (AvgIpc) is 2.87. The zero-order valence-corrected chi connectivity index (χ0v) is 18.7. The first-order valence-corrected chi connectivity index (χ1v) is 10.6. The second-order valence-corrected chi connectivity index (χ2v) is 7.65. The maximum atomic E-state index is 12.7. The van der Waals surface area contributed by atoms with Gasteiger partial charge in [0.25, 0.3) is 0 Å². The molecule has 1 aliphatic rings. The Morgan fingerprint density at radius 3 is 1.79 bits per heavy atom. The summed E-state index contributed by atoms with van der Waals surface area (Å²) in [4.78, 5) is 12.7. The van der Waals surface area contributed by atoms with Crippen molar-refractivity contribution in [2.75, 3.05) is 20.8 Å². The number of methoxy groups -OCH3 is 2. The van der Waals surface area contributed by atoms with Gasteiger partial charge in [-0.2, -0.15) is 0 Å². The number of ketones is 1. The maximum Gasteiger partial charge on any atom is 0.191 e. The number of fused-ring (bicyclic) bond motifs is 1. The fourth-order valence-corrected chi connectivity index (χ4v) is 3.61. The zero-order chi connectivity index (χ0) is 23.2. The molecule has 0 spiro atoms. The fourth-order valence-electron chi connectivity index (χ4n) is 3.61. The van der Waals surface area contributed by atoms with Gasteiger partial charge in [0.05, 0.1) is 20.8 Å². The van der Waals surface area contributed by atoms with Crippen LogP contribution in [0.5, 0.6) is 23.0 Å². The number of rotatable bonds is 9. The highest BCUT2D eigenvalue weighted by molar-refractivity contribution is 6.11. The fraction of sp³-hybridized carbons (Fsp3) is 0.222. The average molecular weight is 446 g/mol. The largest absolute Gasteiger partial charge is 0.497 e. The number of allylic oxidation sites excluding steroid dienone is 1. The number of carbonyl (C=O) groups excluding carboxylic acids is 1. The van der Waals surface area contributed by atoms with Gasteiger partial charge >= 0.3 is 0 Å². The maximum absolute atomic E-state index is 12.7. The summed E-state index contributed by atoms with van der Waals surface area (Å²) in [6.07, 6.45) is 2.31. The van der Waals surface area contributed by atoms with E-state index >= 15 is 0 Å². The number of benzene rings is 3. The standard InChI is InChI=1S/C27H26O6/c1-30-22-9-3-18(4-10-22)16-32-25-13-20-7-8-21(15-28)27(29)24(20)14-26(25)33-17-19-5-11-23(31-2)12-6-19/h3-6,8-14,28H,7,15-17H2,1-2H3. The van der Waals surface area contributed by atoms with Crippen molar-refractivity contribution in [3.8, 4) is 23.0 Å². The predicted molar refractivity (Wildman–Crippen MR) is 124 cm³/mol. The van der Waals surface area contributed by atoms with Crippen LogP contribution in [0.25, 0.3) is 0 Å². The minimum atomic E-state index is -0.282. The summed E-state index contributed by atoms with van der Waals surface area (Å²) >= 11 is 0. The van der Waals surface area contributed by atoms with Crippen LogP contribution in [-0.2, 0) is 19.6 Å². The number of Topliss-reactive ketones (excluding diaryl/α,β-unsaturated/α-hetero) is 1. The molecule has 0 saturated carbocycles. The molecule has 0 atom stereocenters.